The number of aryl methyl sites for hydroxylation is 1. The Morgan fingerprint density at radius 3 is 2.71 bits per heavy atom. The first-order valence-electron chi connectivity index (χ1n) is 7.25. The zero-order valence-corrected chi connectivity index (χ0v) is 13.5. The van der Waals surface area contributed by atoms with Gasteiger partial charge in [-0.1, -0.05) is 6.07 Å². The van der Waals surface area contributed by atoms with Gasteiger partial charge in [0.25, 0.3) is 0 Å². The molecule has 0 radical (unpaired) electrons. The molecule has 1 aromatic carbocycles. The molecule has 2 heterocycles. The number of nitrogens with zero attached hydrogens (tertiary/aromatic N) is 2. The van der Waals surface area contributed by atoms with Crippen LogP contribution in [0.15, 0.2) is 18.2 Å². The van der Waals surface area contributed by atoms with Crippen LogP contribution >= 0.6 is 11.3 Å². The van der Waals surface area contributed by atoms with Crippen LogP contribution in [0.1, 0.15) is 11.3 Å². The molecule has 1 atom stereocenters. The van der Waals surface area contributed by atoms with Crippen molar-refractivity contribution >= 4 is 22.2 Å². The number of hydrogen-bond acceptors (Lipinski definition) is 5. The zero-order valence-electron chi connectivity index (χ0n) is 12.7. The predicted octanol–water partition coefficient (Wildman–Crippen LogP) is 3.95. The molecule has 1 fully saturated rings. The molecule has 9 heteroatoms. The second-order valence-corrected chi connectivity index (χ2v) is 6.78. The number of benzene rings is 1. The van der Waals surface area contributed by atoms with Crippen molar-refractivity contribution in [1.82, 2.24) is 4.98 Å². The van der Waals surface area contributed by atoms with E-state index in [4.69, 9.17) is 5.73 Å². The van der Waals surface area contributed by atoms with E-state index in [0.717, 1.165) is 4.88 Å². The second kappa shape index (κ2) is 6.21. The Balaban J connectivity index is 1.78. The molecule has 130 valence electrons. The molecule has 0 aliphatic carbocycles. The second-order valence-electron chi connectivity index (χ2n) is 5.54. The van der Waals surface area contributed by atoms with E-state index in [-0.39, 0.29) is 18.7 Å². The lowest BCUT2D eigenvalue weighted by atomic mass is 10.1. The van der Waals surface area contributed by atoms with Crippen LogP contribution < -0.4 is 10.6 Å². The Morgan fingerprint density at radius 2 is 2.12 bits per heavy atom. The van der Waals surface area contributed by atoms with E-state index in [9.17, 15) is 17.6 Å². The third-order valence-electron chi connectivity index (χ3n) is 3.82. The van der Waals surface area contributed by atoms with Gasteiger partial charge in [0, 0.05) is 23.5 Å². The first kappa shape index (κ1) is 17.0. The maximum atomic E-state index is 14.4. The Bertz CT molecular complexity index is 747. The van der Waals surface area contributed by atoms with Crippen molar-refractivity contribution < 1.29 is 22.3 Å². The van der Waals surface area contributed by atoms with Crippen LogP contribution in [0.5, 0.6) is 0 Å². The van der Waals surface area contributed by atoms with Crippen molar-refractivity contribution in [3.63, 3.8) is 0 Å². The number of halogens is 4. The number of rotatable bonds is 3. The lowest BCUT2D eigenvalue weighted by Gasteiger charge is -2.20. The van der Waals surface area contributed by atoms with Crippen LogP contribution in [0, 0.1) is 12.7 Å². The first-order valence-corrected chi connectivity index (χ1v) is 8.07. The standard InChI is InChI=1S/C15H15F4N3OS/c1-8-13(21-14(20)24-8)9-2-3-12(11(16)6-9)22-5-4-10(7-22)23-15(17,18)19/h2-3,6,10H,4-5,7H2,1H3,(H2,20,21)/t10-/m0/s1. The monoisotopic (exact) mass is 361 g/mol. The minimum absolute atomic E-state index is 0.00153. The van der Waals surface area contributed by atoms with Gasteiger partial charge in [-0.3, -0.25) is 4.74 Å². The summed E-state index contributed by atoms with van der Waals surface area (Å²) in [6.07, 6.45) is -5.46. The van der Waals surface area contributed by atoms with Gasteiger partial charge in [0.2, 0.25) is 0 Å². The molecule has 1 aliphatic heterocycles. The number of aromatic nitrogens is 1. The molecule has 4 nitrogen and oxygen atoms in total. The first-order chi connectivity index (χ1) is 11.2. The van der Waals surface area contributed by atoms with E-state index in [1.165, 1.54) is 17.4 Å². The Labute approximate surface area is 139 Å². The smallest absolute Gasteiger partial charge is 0.375 e. The van der Waals surface area contributed by atoms with E-state index in [0.29, 0.717) is 22.9 Å². The van der Waals surface area contributed by atoms with Crippen LogP contribution in [-0.4, -0.2) is 30.5 Å². The minimum Gasteiger partial charge on any atom is -0.375 e. The molecule has 1 aromatic heterocycles. The van der Waals surface area contributed by atoms with Crippen molar-refractivity contribution in [3.05, 3.63) is 28.9 Å². The molecule has 1 aliphatic rings. The highest BCUT2D eigenvalue weighted by atomic mass is 32.1. The van der Waals surface area contributed by atoms with E-state index >= 15 is 0 Å². The van der Waals surface area contributed by atoms with E-state index in [2.05, 4.69) is 9.72 Å². The normalized spacial score (nSPS) is 18.4. The maximum absolute atomic E-state index is 14.4. The summed E-state index contributed by atoms with van der Waals surface area (Å²) >= 11 is 1.32. The van der Waals surface area contributed by atoms with Crippen molar-refractivity contribution in [2.45, 2.75) is 25.8 Å². The third kappa shape index (κ3) is 3.62. The summed E-state index contributed by atoms with van der Waals surface area (Å²) in [6.45, 7) is 2.15. The highest BCUT2D eigenvalue weighted by Crippen LogP contribution is 2.33. The topological polar surface area (TPSA) is 51.4 Å². The average molecular weight is 361 g/mol. The summed E-state index contributed by atoms with van der Waals surface area (Å²) in [7, 11) is 0. The molecule has 2 aromatic rings. The van der Waals surface area contributed by atoms with Gasteiger partial charge in [-0.25, -0.2) is 9.37 Å². The van der Waals surface area contributed by atoms with Gasteiger partial charge in [-0.15, -0.1) is 24.5 Å². The lowest BCUT2D eigenvalue weighted by Crippen LogP contribution is -2.28. The summed E-state index contributed by atoms with van der Waals surface area (Å²) in [6, 6.07) is 4.57. The van der Waals surface area contributed by atoms with Gasteiger partial charge in [0.05, 0.1) is 17.5 Å². The van der Waals surface area contributed by atoms with Crippen molar-refractivity contribution in [3.8, 4) is 11.3 Å². The van der Waals surface area contributed by atoms with Crippen molar-refractivity contribution in [2.24, 2.45) is 0 Å². The van der Waals surface area contributed by atoms with Gasteiger partial charge in [0.1, 0.15) is 5.82 Å². The Morgan fingerprint density at radius 1 is 1.38 bits per heavy atom. The summed E-state index contributed by atoms with van der Waals surface area (Å²) in [5.74, 6) is -0.508. The van der Waals surface area contributed by atoms with Crippen molar-refractivity contribution in [1.29, 1.82) is 0 Å². The quantitative estimate of drug-likeness (QED) is 0.841. The summed E-state index contributed by atoms with van der Waals surface area (Å²) in [5, 5.41) is 0.402. The zero-order chi connectivity index (χ0) is 17.5. The Kier molecular flexibility index (Phi) is 4.39. The maximum Gasteiger partial charge on any atom is 0.522 e. The van der Waals surface area contributed by atoms with Gasteiger partial charge < -0.3 is 10.6 Å². The van der Waals surface area contributed by atoms with Gasteiger partial charge in [-0.05, 0) is 25.5 Å². The number of anilines is 2. The molecule has 0 saturated carbocycles. The molecular weight excluding hydrogens is 346 g/mol. The highest BCUT2D eigenvalue weighted by molar-refractivity contribution is 7.15. The molecule has 0 bridgehead atoms. The molecular formula is C15H15F4N3OS. The van der Waals surface area contributed by atoms with E-state index < -0.39 is 18.3 Å². The van der Waals surface area contributed by atoms with E-state index in [1.807, 2.05) is 6.92 Å². The fraction of sp³-hybridized carbons (Fsp3) is 0.400. The number of nitrogens with two attached hydrogens (primary N) is 1. The van der Waals surface area contributed by atoms with Crippen LogP contribution in [0.2, 0.25) is 0 Å². The van der Waals surface area contributed by atoms with Gasteiger partial charge in [0.15, 0.2) is 5.13 Å². The summed E-state index contributed by atoms with van der Waals surface area (Å²) < 4.78 is 55.2. The molecule has 2 N–H and O–H groups in total. The number of hydrogen-bond donors (Lipinski definition) is 1. The summed E-state index contributed by atoms with van der Waals surface area (Å²) in [5.41, 5.74) is 7.11. The average Bonchev–Trinajstić information content (AvgIpc) is 3.03. The fourth-order valence-electron chi connectivity index (χ4n) is 2.83. The lowest BCUT2D eigenvalue weighted by molar-refractivity contribution is -0.339. The molecule has 0 unspecified atom stereocenters. The molecule has 1 saturated heterocycles. The highest BCUT2D eigenvalue weighted by Gasteiger charge is 2.37. The predicted molar refractivity (Wildman–Crippen MR) is 84.4 cm³/mol. The number of ether oxygens (including phenoxy) is 1. The Hall–Kier alpha value is -1.87. The molecule has 0 spiro atoms. The van der Waals surface area contributed by atoms with Crippen molar-refractivity contribution in [2.75, 3.05) is 23.7 Å². The fourth-order valence-corrected chi connectivity index (χ4v) is 3.54. The minimum atomic E-state index is -4.68. The number of alkyl halides is 3. The largest absolute Gasteiger partial charge is 0.522 e. The molecule has 0 amide bonds. The number of thiazole rings is 1. The van der Waals surface area contributed by atoms with Gasteiger partial charge in [-0.2, -0.15) is 0 Å². The summed E-state index contributed by atoms with van der Waals surface area (Å²) in [4.78, 5) is 6.60. The number of nitrogen functional groups attached to an aromatic ring is 1. The molecule has 3 rings (SSSR count). The SMILES string of the molecule is Cc1sc(N)nc1-c1ccc(N2CC[C@H](OC(F)(F)F)C2)c(F)c1. The van der Waals surface area contributed by atoms with Crippen LogP contribution in [0.3, 0.4) is 0 Å². The van der Waals surface area contributed by atoms with E-state index in [1.54, 1.807) is 17.0 Å². The van der Waals surface area contributed by atoms with Crippen LogP contribution in [0.4, 0.5) is 28.4 Å². The third-order valence-corrected chi connectivity index (χ3v) is 4.62. The van der Waals surface area contributed by atoms with Gasteiger partial charge >= 0.3 is 6.36 Å². The van der Waals surface area contributed by atoms with Crippen LogP contribution in [0.25, 0.3) is 11.3 Å². The molecule has 24 heavy (non-hydrogen) atoms. The van der Waals surface area contributed by atoms with Crippen LogP contribution in [-0.2, 0) is 4.74 Å².